The van der Waals surface area contributed by atoms with Crippen molar-refractivity contribution in [3.63, 3.8) is 0 Å². The molecule has 1 atom stereocenters. The van der Waals surface area contributed by atoms with Crippen LogP contribution in [0, 0.1) is 6.92 Å². The van der Waals surface area contributed by atoms with Gasteiger partial charge in [0.2, 0.25) is 0 Å². The predicted octanol–water partition coefficient (Wildman–Crippen LogP) is 3.56. The fourth-order valence-corrected chi connectivity index (χ4v) is 3.69. The number of hydrogen-bond donors (Lipinski definition) is 0. The number of rotatable bonds is 4. The highest BCUT2D eigenvalue weighted by molar-refractivity contribution is 5.79. The van der Waals surface area contributed by atoms with Gasteiger partial charge in [-0.3, -0.25) is 14.3 Å². The molecular formula is C22H25N3O2. The van der Waals surface area contributed by atoms with Crippen molar-refractivity contribution in [3.05, 3.63) is 64.7 Å². The van der Waals surface area contributed by atoms with Crippen molar-refractivity contribution in [1.29, 1.82) is 0 Å². The number of aryl methyl sites for hydroxylation is 1. The van der Waals surface area contributed by atoms with Crippen LogP contribution in [0.2, 0.25) is 0 Å². The van der Waals surface area contributed by atoms with Gasteiger partial charge in [-0.2, -0.15) is 0 Å². The first-order valence-corrected chi connectivity index (χ1v) is 9.51. The summed E-state index contributed by atoms with van der Waals surface area (Å²) >= 11 is 0. The van der Waals surface area contributed by atoms with Gasteiger partial charge < -0.3 is 4.74 Å². The number of nitrogens with zero attached hydrogens (tertiary/aromatic N) is 3. The number of fused-ring (bicyclic) bond motifs is 1. The molecule has 140 valence electrons. The van der Waals surface area contributed by atoms with Gasteiger partial charge >= 0.3 is 0 Å². The van der Waals surface area contributed by atoms with Crippen LogP contribution < -0.4 is 10.3 Å². The number of aromatic nitrogens is 2. The standard InChI is InChI=1S/C22H25N3O2/c1-15(2)24-11-10-18(13-24)27-17-8-9-20-19(12-17)22(26)25(14-23-20)21-7-5-4-6-16(21)3/h4-9,12,14-15,18H,10-11,13H2,1-3H3/t18-/m0/s1. The third-order valence-electron chi connectivity index (χ3n) is 5.31. The molecule has 0 aliphatic carbocycles. The van der Waals surface area contributed by atoms with Crippen LogP contribution in [0.5, 0.6) is 5.75 Å². The van der Waals surface area contributed by atoms with Crippen LogP contribution in [-0.2, 0) is 0 Å². The van der Waals surface area contributed by atoms with Crippen LogP contribution in [0.15, 0.2) is 53.6 Å². The van der Waals surface area contributed by atoms with Crippen LogP contribution in [0.3, 0.4) is 0 Å². The van der Waals surface area contributed by atoms with Crippen LogP contribution in [0.25, 0.3) is 16.6 Å². The number of hydrogen-bond acceptors (Lipinski definition) is 4. The highest BCUT2D eigenvalue weighted by Crippen LogP contribution is 2.23. The van der Waals surface area contributed by atoms with Gasteiger partial charge in [-0.1, -0.05) is 18.2 Å². The van der Waals surface area contributed by atoms with Crippen molar-refractivity contribution in [2.24, 2.45) is 0 Å². The highest BCUT2D eigenvalue weighted by Gasteiger charge is 2.25. The number of benzene rings is 2. The minimum atomic E-state index is -0.0741. The number of para-hydroxylation sites is 1. The molecule has 1 fully saturated rings. The maximum atomic E-state index is 13.1. The third kappa shape index (κ3) is 3.47. The molecule has 1 aliphatic rings. The third-order valence-corrected chi connectivity index (χ3v) is 5.31. The maximum absolute atomic E-state index is 13.1. The summed E-state index contributed by atoms with van der Waals surface area (Å²) in [5, 5.41) is 0.581. The average molecular weight is 363 g/mol. The lowest BCUT2D eigenvalue weighted by molar-refractivity contribution is 0.187. The van der Waals surface area contributed by atoms with Crippen molar-refractivity contribution in [1.82, 2.24) is 14.5 Å². The zero-order chi connectivity index (χ0) is 19.0. The SMILES string of the molecule is Cc1ccccc1-n1cnc2ccc(O[C@H]3CCN(C(C)C)C3)cc2c1=O. The first-order valence-electron chi connectivity index (χ1n) is 9.51. The van der Waals surface area contributed by atoms with Crippen LogP contribution >= 0.6 is 0 Å². The minimum Gasteiger partial charge on any atom is -0.489 e. The van der Waals surface area contributed by atoms with Gasteiger partial charge in [0, 0.05) is 19.1 Å². The molecule has 4 rings (SSSR count). The molecule has 1 aliphatic heterocycles. The number of likely N-dealkylation sites (tertiary alicyclic amines) is 1. The molecule has 2 aromatic carbocycles. The Bertz CT molecular complexity index is 1030. The predicted molar refractivity (Wildman–Crippen MR) is 108 cm³/mol. The fraction of sp³-hybridized carbons (Fsp3) is 0.364. The summed E-state index contributed by atoms with van der Waals surface area (Å²) in [4.78, 5) is 20.0. The summed E-state index contributed by atoms with van der Waals surface area (Å²) in [6, 6.07) is 14.0. The van der Waals surface area contributed by atoms with E-state index in [0.29, 0.717) is 16.9 Å². The van der Waals surface area contributed by atoms with Crippen molar-refractivity contribution in [3.8, 4) is 11.4 Å². The number of ether oxygens (including phenoxy) is 1. The Morgan fingerprint density at radius 2 is 2.00 bits per heavy atom. The van der Waals surface area contributed by atoms with Gasteiger partial charge in [0.05, 0.1) is 16.6 Å². The zero-order valence-corrected chi connectivity index (χ0v) is 16.1. The molecule has 5 heteroatoms. The van der Waals surface area contributed by atoms with E-state index in [0.717, 1.165) is 36.5 Å². The molecule has 0 radical (unpaired) electrons. The molecule has 1 saturated heterocycles. The Labute approximate surface area is 159 Å². The van der Waals surface area contributed by atoms with E-state index in [9.17, 15) is 4.79 Å². The molecule has 0 N–H and O–H groups in total. The van der Waals surface area contributed by atoms with E-state index in [1.54, 1.807) is 10.9 Å². The van der Waals surface area contributed by atoms with E-state index in [4.69, 9.17) is 4.74 Å². The van der Waals surface area contributed by atoms with Crippen molar-refractivity contribution >= 4 is 10.9 Å². The second-order valence-corrected chi connectivity index (χ2v) is 7.50. The van der Waals surface area contributed by atoms with Crippen LogP contribution in [0.1, 0.15) is 25.8 Å². The minimum absolute atomic E-state index is 0.0741. The lowest BCUT2D eigenvalue weighted by atomic mass is 10.2. The van der Waals surface area contributed by atoms with Crippen molar-refractivity contribution in [2.45, 2.75) is 39.3 Å². The van der Waals surface area contributed by atoms with Crippen LogP contribution in [-0.4, -0.2) is 39.7 Å². The second kappa shape index (κ2) is 7.16. The first kappa shape index (κ1) is 17.7. The molecule has 3 aromatic rings. The average Bonchev–Trinajstić information content (AvgIpc) is 3.12. The van der Waals surface area contributed by atoms with Crippen molar-refractivity contribution in [2.75, 3.05) is 13.1 Å². The Hall–Kier alpha value is -2.66. The second-order valence-electron chi connectivity index (χ2n) is 7.50. The molecule has 2 heterocycles. The van der Waals surface area contributed by atoms with Crippen LogP contribution in [0.4, 0.5) is 0 Å². The molecule has 0 unspecified atom stereocenters. The zero-order valence-electron chi connectivity index (χ0n) is 16.1. The summed E-state index contributed by atoms with van der Waals surface area (Å²) in [5.74, 6) is 0.736. The van der Waals surface area contributed by atoms with E-state index in [-0.39, 0.29) is 11.7 Å². The molecule has 5 nitrogen and oxygen atoms in total. The molecular weight excluding hydrogens is 338 g/mol. The Morgan fingerprint density at radius 1 is 1.19 bits per heavy atom. The molecule has 0 bridgehead atoms. The van der Waals surface area contributed by atoms with Crippen molar-refractivity contribution < 1.29 is 4.74 Å². The Balaban J connectivity index is 1.67. The monoisotopic (exact) mass is 363 g/mol. The first-order chi connectivity index (χ1) is 13.0. The van der Waals surface area contributed by atoms with E-state index >= 15 is 0 Å². The smallest absolute Gasteiger partial charge is 0.265 e. The molecule has 0 amide bonds. The molecule has 0 spiro atoms. The van der Waals surface area contributed by atoms with Gasteiger partial charge in [0.15, 0.2) is 0 Å². The van der Waals surface area contributed by atoms with Gasteiger partial charge in [-0.05, 0) is 57.0 Å². The Morgan fingerprint density at radius 3 is 2.74 bits per heavy atom. The molecule has 0 saturated carbocycles. The van der Waals surface area contributed by atoms with E-state index < -0.39 is 0 Å². The van der Waals surface area contributed by atoms with Gasteiger partial charge in [0.25, 0.3) is 5.56 Å². The van der Waals surface area contributed by atoms with E-state index in [1.807, 2.05) is 49.4 Å². The Kier molecular flexibility index (Phi) is 4.70. The van der Waals surface area contributed by atoms with Gasteiger partial charge in [0.1, 0.15) is 18.2 Å². The quantitative estimate of drug-likeness (QED) is 0.711. The normalized spacial score (nSPS) is 17.7. The summed E-state index contributed by atoms with van der Waals surface area (Å²) in [6.45, 7) is 8.38. The fourth-order valence-electron chi connectivity index (χ4n) is 3.69. The molecule has 1 aromatic heterocycles. The highest BCUT2D eigenvalue weighted by atomic mass is 16.5. The van der Waals surface area contributed by atoms with Gasteiger partial charge in [-0.25, -0.2) is 4.98 Å². The van der Waals surface area contributed by atoms with E-state index in [2.05, 4.69) is 23.7 Å². The summed E-state index contributed by atoms with van der Waals surface area (Å²) in [6.07, 6.45) is 2.78. The summed E-state index contributed by atoms with van der Waals surface area (Å²) in [5.41, 5.74) is 2.50. The summed E-state index contributed by atoms with van der Waals surface area (Å²) < 4.78 is 7.78. The lowest BCUT2D eigenvalue weighted by Gasteiger charge is -2.20. The van der Waals surface area contributed by atoms with E-state index in [1.165, 1.54) is 0 Å². The topological polar surface area (TPSA) is 47.4 Å². The largest absolute Gasteiger partial charge is 0.489 e. The summed E-state index contributed by atoms with van der Waals surface area (Å²) in [7, 11) is 0. The molecule has 27 heavy (non-hydrogen) atoms. The lowest BCUT2D eigenvalue weighted by Crippen LogP contribution is -2.30. The maximum Gasteiger partial charge on any atom is 0.265 e. The van der Waals surface area contributed by atoms with Gasteiger partial charge in [-0.15, -0.1) is 0 Å².